The smallest absolute Gasteiger partial charge is 0.0165 e. The van der Waals surface area contributed by atoms with Crippen LogP contribution in [0.2, 0.25) is 0 Å². The van der Waals surface area contributed by atoms with Crippen LogP contribution in [0, 0.1) is 152 Å². The third-order valence-electron chi connectivity index (χ3n) is 22.0. The molecule has 10 aliphatic rings. The second kappa shape index (κ2) is 9.50. The maximum atomic E-state index is 2.89. The van der Waals surface area contributed by atoms with Gasteiger partial charge in [-0.15, -0.1) is 0 Å². The molecular formula is C47H76. The molecule has 0 N–H and O–H groups in total. The zero-order valence-corrected chi connectivity index (χ0v) is 33.1. The third-order valence-corrected chi connectivity index (χ3v) is 22.0. The Hall–Kier alpha value is 0. The van der Waals surface area contributed by atoms with Gasteiger partial charge in [0.2, 0.25) is 0 Å². The molecule has 0 radical (unpaired) electrons. The van der Waals surface area contributed by atoms with E-state index in [2.05, 4.69) is 83.1 Å². The van der Waals surface area contributed by atoms with Gasteiger partial charge in [-0.3, -0.25) is 0 Å². The largest absolute Gasteiger partial charge is 0.0625 e. The molecule has 10 rings (SSSR count). The topological polar surface area (TPSA) is 0 Å². The van der Waals surface area contributed by atoms with E-state index in [0.717, 1.165) is 130 Å². The van der Waals surface area contributed by atoms with E-state index in [0.29, 0.717) is 21.7 Å². The normalized spacial score (nSPS) is 65.4. The summed E-state index contributed by atoms with van der Waals surface area (Å²) in [6, 6.07) is 0. The fourth-order valence-corrected chi connectivity index (χ4v) is 20.7. The molecule has 0 nitrogen and oxygen atoms in total. The maximum absolute atomic E-state index is 2.89. The average Bonchev–Trinajstić information content (AvgIpc) is 3.56. The molecule has 0 amide bonds. The van der Waals surface area contributed by atoms with Crippen molar-refractivity contribution in [3.8, 4) is 0 Å². The molecule has 10 aliphatic carbocycles. The van der Waals surface area contributed by atoms with Crippen LogP contribution in [0.4, 0.5) is 0 Å². The Morgan fingerprint density at radius 2 is 1.19 bits per heavy atom. The van der Waals surface area contributed by atoms with Gasteiger partial charge in [-0.05, 0) is 210 Å². The van der Waals surface area contributed by atoms with Crippen molar-refractivity contribution in [1.82, 2.24) is 0 Å². The molecule has 0 aromatic rings. The molecule has 1 spiro atoms. The van der Waals surface area contributed by atoms with E-state index in [1.807, 2.05) is 0 Å². The van der Waals surface area contributed by atoms with Crippen LogP contribution in [0.25, 0.3) is 0 Å². The monoisotopic (exact) mass is 641 g/mol. The fourth-order valence-electron chi connectivity index (χ4n) is 20.7. The van der Waals surface area contributed by atoms with Gasteiger partial charge in [0.15, 0.2) is 0 Å². The van der Waals surface area contributed by atoms with Gasteiger partial charge in [-0.25, -0.2) is 0 Å². The van der Waals surface area contributed by atoms with Crippen molar-refractivity contribution >= 4 is 0 Å². The fraction of sp³-hybridized carbons (Fsp3) is 1.00. The number of hydrogen-bond acceptors (Lipinski definition) is 0. The van der Waals surface area contributed by atoms with Crippen LogP contribution in [-0.2, 0) is 0 Å². The van der Waals surface area contributed by atoms with Gasteiger partial charge in [0, 0.05) is 0 Å². The highest BCUT2D eigenvalue weighted by Crippen LogP contribution is 2.88. The molecule has 0 bridgehead atoms. The van der Waals surface area contributed by atoms with Crippen molar-refractivity contribution in [2.45, 2.75) is 141 Å². The lowest BCUT2D eigenvalue weighted by Crippen LogP contribution is -2.71. The Morgan fingerprint density at radius 1 is 0.553 bits per heavy atom. The highest BCUT2D eigenvalue weighted by atomic mass is 14.9. The Morgan fingerprint density at radius 3 is 1.87 bits per heavy atom. The van der Waals surface area contributed by atoms with Crippen LogP contribution >= 0.6 is 0 Å². The molecule has 0 heteroatoms. The standard InChI is InChI=1S/C47H76/c1-22(2)27-18-28-20-29-25(5)17-31-30-13-23(3)14-34-37(30)40-38(31)43(29)47(36-16-24(4)15-35(39(36)40)45(34,10)11)41-26(6)46(12,44(7,8)9)21-33(41)32(19-27)42(28)47/h22-43H,13-21H2,1-12H3. The van der Waals surface area contributed by atoms with E-state index in [9.17, 15) is 0 Å². The molecule has 0 aromatic carbocycles. The van der Waals surface area contributed by atoms with Gasteiger partial charge in [-0.2, -0.15) is 0 Å². The first-order valence-electron chi connectivity index (χ1n) is 22.0. The van der Waals surface area contributed by atoms with Gasteiger partial charge < -0.3 is 0 Å². The first kappa shape index (κ1) is 31.7. The van der Waals surface area contributed by atoms with E-state index < -0.39 is 0 Å². The Labute approximate surface area is 291 Å². The van der Waals surface area contributed by atoms with E-state index >= 15 is 0 Å². The minimum Gasteiger partial charge on any atom is -0.0625 e. The number of rotatable bonds is 1. The average molecular weight is 641 g/mol. The summed E-state index contributed by atoms with van der Waals surface area (Å²) in [7, 11) is 0. The van der Waals surface area contributed by atoms with Crippen LogP contribution in [0.5, 0.6) is 0 Å². The van der Waals surface area contributed by atoms with Crippen LogP contribution in [0.3, 0.4) is 0 Å². The first-order valence-corrected chi connectivity index (χ1v) is 22.0. The van der Waals surface area contributed by atoms with E-state index in [1.54, 1.807) is 57.8 Å². The van der Waals surface area contributed by atoms with E-state index in [4.69, 9.17) is 0 Å². The minimum absolute atomic E-state index is 0.392. The highest BCUT2D eigenvalue weighted by Gasteiger charge is 2.83. The molecular weight excluding hydrogens is 565 g/mol. The second-order valence-corrected chi connectivity index (χ2v) is 24.3. The molecule has 0 saturated heterocycles. The quantitative estimate of drug-likeness (QED) is 0.267. The highest BCUT2D eigenvalue weighted by molar-refractivity contribution is 5.31. The SMILES string of the molecule is CC1CC2C3CC(C)C4CC5CC(C(C)C)CC6C7CC(C)(C(C)(C)C)C(C)C7C7(C8CC(C)CC9C8C(C2C(C1)C9(C)C)C3C47)C56. The summed E-state index contributed by atoms with van der Waals surface area (Å²) in [4.78, 5) is 0. The molecule has 23 atom stereocenters. The molecule has 0 aromatic heterocycles. The van der Waals surface area contributed by atoms with Gasteiger partial charge in [0.25, 0.3) is 0 Å². The Kier molecular flexibility index (Phi) is 6.41. The third kappa shape index (κ3) is 3.48. The molecule has 264 valence electrons. The lowest BCUT2D eigenvalue weighted by Gasteiger charge is -2.75. The summed E-state index contributed by atoms with van der Waals surface area (Å²) < 4.78 is 0. The van der Waals surface area contributed by atoms with Crippen molar-refractivity contribution in [3.63, 3.8) is 0 Å². The summed E-state index contributed by atoms with van der Waals surface area (Å²) in [5.74, 6) is 22.4. The first-order chi connectivity index (χ1) is 22.0. The molecule has 10 saturated carbocycles. The Balaban J connectivity index is 1.24. The van der Waals surface area contributed by atoms with Crippen LogP contribution in [-0.4, -0.2) is 0 Å². The molecule has 0 aliphatic heterocycles. The predicted molar refractivity (Wildman–Crippen MR) is 196 cm³/mol. The van der Waals surface area contributed by atoms with Crippen molar-refractivity contribution < 1.29 is 0 Å². The maximum Gasteiger partial charge on any atom is -0.0165 e. The van der Waals surface area contributed by atoms with Crippen molar-refractivity contribution in [2.75, 3.05) is 0 Å². The van der Waals surface area contributed by atoms with Gasteiger partial charge in [0.05, 0.1) is 0 Å². The summed E-state index contributed by atoms with van der Waals surface area (Å²) in [5, 5.41) is 0. The lowest BCUT2D eigenvalue weighted by molar-refractivity contribution is -0.283. The summed E-state index contributed by atoms with van der Waals surface area (Å²) in [6.45, 7) is 33.0. The van der Waals surface area contributed by atoms with E-state index in [-0.39, 0.29) is 0 Å². The zero-order valence-electron chi connectivity index (χ0n) is 33.1. The van der Waals surface area contributed by atoms with Crippen LogP contribution in [0.1, 0.15) is 141 Å². The minimum atomic E-state index is 0.392. The van der Waals surface area contributed by atoms with Crippen molar-refractivity contribution in [2.24, 2.45) is 152 Å². The van der Waals surface area contributed by atoms with Gasteiger partial charge in [0.1, 0.15) is 0 Å². The van der Waals surface area contributed by atoms with Crippen LogP contribution < -0.4 is 0 Å². The van der Waals surface area contributed by atoms with Crippen molar-refractivity contribution in [1.29, 1.82) is 0 Å². The van der Waals surface area contributed by atoms with Crippen molar-refractivity contribution in [3.05, 3.63) is 0 Å². The summed E-state index contributed by atoms with van der Waals surface area (Å²) in [5.41, 5.74) is 2.06. The van der Waals surface area contributed by atoms with Gasteiger partial charge in [-0.1, -0.05) is 83.1 Å². The predicted octanol–water partition coefficient (Wildman–Crippen LogP) is 12.4. The second-order valence-electron chi connectivity index (χ2n) is 24.3. The molecule has 47 heavy (non-hydrogen) atoms. The molecule has 0 heterocycles. The van der Waals surface area contributed by atoms with E-state index in [1.165, 1.54) is 0 Å². The van der Waals surface area contributed by atoms with Crippen LogP contribution in [0.15, 0.2) is 0 Å². The lowest BCUT2D eigenvalue weighted by atomic mass is 9.29. The number of fused-ring (bicyclic) bond motifs is 3. The zero-order chi connectivity index (χ0) is 33.1. The molecule has 23 unspecified atom stereocenters. The van der Waals surface area contributed by atoms with Gasteiger partial charge >= 0.3 is 0 Å². The summed E-state index contributed by atoms with van der Waals surface area (Å²) >= 11 is 0. The molecule has 10 fully saturated rings. The summed E-state index contributed by atoms with van der Waals surface area (Å²) in [6.07, 6.45) is 14.4. The number of hydrogen-bond donors (Lipinski definition) is 0. The Bertz CT molecular complexity index is 1300.